The molecule has 0 aliphatic carbocycles. The Morgan fingerprint density at radius 3 is 2.54 bits per heavy atom. The van der Waals surface area contributed by atoms with Gasteiger partial charge in [0, 0.05) is 5.25 Å². The standard InChI is InChI=1S/C10H21NS2/c1-13-10(5-9-12)4-8-11-6-2-3-7-11/h10,12H,2-9H2,1H3. The van der Waals surface area contributed by atoms with E-state index < -0.39 is 0 Å². The molecule has 1 saturated heterocycles. The van der Waals surface area contributed by atoms with Crippen molar-refractivity contribution in [2.45, 2.75) is 30.9 Å². The first-order valence-electron chi connectivity index (χ1n) is 5.23. The highest BCUT2D eigenvalue weighted by Crippen LogP contribution is 2.17. The maximum absolute atomic E-state index is 4.29. The number of hydrogen-bond acceptors (Lipinski definition) is 3. The van der Waals surface area contributed by atoms with Crippen molar-refractivity contribution in [3.8, 4) is 0 Å². The van der Waals surface area contributed by atoms with Crippen molar-refractivity contribution in [1.82, 2.24) is 4.90 Å². The average Bonchev–Trinajstić information content (AvgIpc) is 2.64. The molecule has 0 N–H and O–H groups in total. The Kier molecular flexibility index (Phi) is 6.33. The lowest BCUT2D eigenvalue weighted by Crippen LogP contribution is -2.23. The molecule has 78 valence electrons. The van der Waals surface area contributed by atoms with E-state index in [-0.39, 0.29) is 0 Å². The Labute approximate surface area is 92.1 Å². The normalized spacial score (nSPS) is 20.8. The van der Waals surface area contributed by atoms with Crippen LogP contribution in [0.1, 0.15) is 25.7 Å². The predicted molar refractivity (Wildman–Crippen MR) is 66.1 cm³/mol. The molecule has 1 atom stereocenters. The van der Waals surface area contributed by atoms with Crippen LogP contribution in [0.3, 0.4) is 0 Å². The molecule has 0 bridgehead atoms. The Bertz CT molecular complexity index is 124. The third-order valence-electron chi connectivity index (χ3n) is 2.75. The molecule has 0 saturated carbocycles. The van der Waals surface area contributed by atoms with Gasteiger partial charge in [0.05, 0.1) is 0 Å². The van der Waals surface area contributed by atoms with Crippen LogP contribution in [0.4, 0.5) is 0 Å². The molecule has 1 heterocycles. The minimum atomic E-state index is 0.832. The Balaban J connectivity index is 2.07. The molecule has 13 heavy (non-hydrogen) atoms. The molecule has 0 aromatic heterocycles. The summed E-state index contributed by atoms with van der Waals surface area (Å²) in [6, 6.07) is 0. The first-order valence-corrected chi connectivity index (χ1v) is 7.15. The van der Waals surface area contributed by atoms with Gasteiger partial charge in [0.25, 0.3) is 0 Å². The fourth-order valence-electron chi connectivity index (χ4n) is 1.86. The quantitative estimate of drug-likeness (QED) is 0.684. The fourth-order valence-corrected chi connectivity index (χ4v) is 3.04. The molecule has 0 amide bonds. The Morgan fingerprint density at radius 2 is 2.00 bits per heavy atom. The summed E-state index contributed by atoms with van der Waals surface area (Å²) in [5.74, 6) is 1.03. The van der Waals surface area contributed by atoms with E-state index in [1.54, 1.807) is 0 Å². The highest BCUT2D eigenvalue weighted by Gasteiger charge is 2.13. The largest absolute Gasteiger partial charge is 0.303 e. The number of thioether (sulfide) groups is 1. The van der Waals surface area contributed by atoms with Crippen molar-refractivity contribution in [1.29, 1.82) is 0 Å². The van der Waals surface area contributed by atoms with E-state index in [2.05, 4.69) is 23.8 Å². The molecule has 1 rings (SSSR count). The molecular formula is C10H21NS2. The summed E-state index contributed by atoms with van der Waals surface area (Å²) in [6.07, 6.45) is 7.66. The van der Waals surface area contributed by atoms with Crippen LogP contribution in [0, 0.1) is 0 Å². The average molecular weight is 219 g/mol. The van der Waals surface area contributed by atoms with Crippen molar-refractivity contribution in [3.63, 3.8) is 0 Å². The lowest BCUT2D eigenvalue weighted by atomic mass is 10.2. The molecule has 1 nitrogen and oxygen atoms in total. The second-order valence-corrected chi connectivity index (χ2v) is 5.29. The first-order chi connectivity index (χ1) is 6.36. The smallest absolute Gasteiger partial charge is 0.00641 e. The lowest BCUT2D eigenvalue weighted by Gasteiger charge is -2.18. The van der Waals surface area contributed by atoms with Gasteiger partial charge in [0.2, 0.25) is 0 Å². The summed E-state index contributed by atoms with van der Waals surface area (Å²) < 4.78 is 0. The second-order valence-electron chi connectivity index (χ2n) is 3.71. The molecule has 0 radical (unpaired) electrons. The third-order valence-corrected chi connectivity index (χ3v) is 4.15. The molecule has 1 unspecified atom stereocenters. The van der Waals surface area contributed by atoms with Gasteiger partial charge in [-0.05, 0) is 57.3 Å². The molecule has 3 heteroatoms. The van der Waals surface area contributed by atoms with Crippen molar-refractivity contribution in [2.75, 3.05) is 31.6 Å². The topological polar surface area (TPSA) is 3.24 Å². The fraction of sp³-hybridized carbons (Fsp3) is 1.00. The predicted octanol–water partition coefficient (Wildman–Crippen LogP) is 2.52. The molecule has 1 fully saturated rings. The van der Waals surface area contributed by atoms with Crippen LogP contribution < -0.4 is 0 Å². The number of thiol groups is 1. The monoisotopic (exact) mass is 219 g/mol. The van der Waals surface area contributed by atoms with Gasteiger partial charge < -0.3 is 4.90 Å². The molecule has 1 aliphatic heterocycles. The number of rotatable bonds is 6. The van der Waals surface area contributed by atoms with E-state index in [0.29, 0.717) is 0 Å². The van der Waals surface area contributed by atoms with E-state index in [0.717, 1.165) is 11.0 Å². The van der Waals surface area contributed by atoms with E-state index in [1.165, 1.54) is 45.3 Å². The Morgan fingerprint density at radius 1 is 1.31 bits per heavy atom. The lowest BCUT2D eigenvalue weighted by molar-refractivity contribution is 0.332. The van der Waals surface area contributed by atoms with Gasteiger partial charge in [-0.1, -0.05) is 0 Å². The highest BCUT2D eigenvalue weighted by molar-refractivity contribution is 7.99. The Hall–Kier alpha value is 0.660. The summed E-state index contributed by atoms with van der Waals surface area (Å²) >= 11 is 6.29. The summed E-state index contributed by atoms with van der Waals surface area (Å²) in [5.41, 5.74) is 0. The van der Waals surface area contributed by atoms with E-state index in [9.17, 15) is 0 Å². The van der Waals surface area contributed by atoms with Crippen LogP contribution in [0.25, 0.3) is 0 Å². The third kappa shape index (κ3) is 4.61. The molecule has 0 aromatic rings. The maximum Gasteiger partial charge on any atom is 0.00641 e. The van der Waals surface area contributed by atoms with E-state index in [4.69, 9.17) is 0 Å². The zero-order valence-electron chi connectivity index (χ0n) is 8.54. The van der Waals surface area contributed by atoms with E-state index in [1.807, 2.05) is 11.8 Å². The zero-order chi connectivity index (χ0) is 9.52. The number of likely N-dealkylation sites (tertiary alicyclic amines) is 1. The summed E-state index contributed by atoms with van der Waals surface area (Å²) in [4.78, 5) is 2.60. The van der Waals surface area contributed by atoms with Crippen molar-refractivity contribution in [2.24, 2.45) is 0 Å². The minimum Gasteiger partial charge on any atom is -0.303 e. The van der Waals surface area contributed by atoms with Crippen molar-refractivity contribution in [3.05, 3.63) is 0 Å². The molecular weight excluding hydrogens is 198 g/mol. The van der Waals surface area contributed by atoms with Gasteiger partial charge in [0.1, 0.15) is 0 Å². The van der Waals surface area contributed by atoms with Gasteiger partial charge in [-0.2, -0.15) is 24.4 Å². The molecule has 1 aliphatic rings. The second kappa shape index (κ2) is 7.02. The first kappa shape index (κ1) is 11.7. The van der Waals surface area contributed by atoms with Gasteiger partial charge in [-0.15, -0.1) is 0 Å². The van der Waals surface area contributed by atoms with Gasteiger partial charge in [-0.25, -0.2) is 0 Å². The minimum absolute atomic E-state index is 0.832. The van der Waals surface area contributed by atoms with Crippen LogP contribution >= 0.6 is 24.4 Å². The number of hydrogen-bond donors (Lipinski definition) is 1. The van der Waals surface area contributed by atoms with Crippen LogP contribution in [0.5, 0.6) is 0 Å². The van der Waals surface area contributed by atoms with Crippen LogP contribution in [-0.4, -0.2) is 41.8 Å². The van der Waals surface area contributed by atoms with Gasteiger partial charge in [-0.3, -0.25) is 0 Å². The summed E-state index contributed by atoms with van der Waals surface area (Å²) in [5, 5.41) is 0.832. The van der Waals surface area contributed by atoms with Crippen molar-refractivity contribution < 1.29 is 0 Å². The van der Waals surface area contributed by atoms with Crippen LogP contribution in [0.2, 0.25) is 0 Å². The highest BCUT2D eigenvalue weighted by atomic mass is 32.2. The van der Waals surface area contributed by atoms with Gasteiger partial charge in [0.15, 0.2) is 0 Å². The molecule has 0 aromatic carbocycles. The number of nitrogens with zero attached hydrogens (tertiary/aromatic N) is 1. The van der Waals surface area contributed by atoms with Crippen LogP contribution in [-0.2, 0) is 0 Å². The SMILES string of the molecule is CSC(CCS)CCN1CCCC1. The van der Waals surface area contributed by atoms with Gasteiger partial charge >= 0.3 is 0 Å². The zero-order valence-corrected chi connectivity index (χ0v) is 10.2. The summed E-state index contributed by atoms with van der Waals surface area (Å²) in [7, 11) is 0. The van der Waals surface area contributed by atoms with Crippen molar-refractivity contribution >= 4 is 24.4 Å². The maximum atomic E-state index is 4.29. The summed E-state index contributed by atoms with van der Waals surface area (Å²) in [6.45, 7) is 3.98. The molecule has 0 spiro atoms. The van der Waals surface area contributed by atoms with Crippen LogP contribution in [0.15, 0.2) is 0 Å². The van der Waals surface area contributed by atoms with E-state index >= 15 is 0 Å².